The van der Waals surface area contributed by atoms with Crippen LogP contribution in [0, 0.1) is 0 Å². The van der Waals surface area contributed by atoms with Crippen LogP contribution in [0.1, 0.15) is 16.1 Å². The molecule has 0 saturated heterocycles. The van der Waals surface area contributed by atoms with Gasteiger partial charge in [-0.15, -0.1) is 0 Å². The van der Waals surface area contributed by atoms with E-state index in [1.807, 2.05) is 72.2 Å². The molecule has 0 unspecified atom stereocenters. The summed E-state index contributed by atoms with van der Waals surface area (Å²) in [4.78, 5) is 19.3. The molecule has 0 aliphatic carbocycles. The van der Waals surface area contributed by atoms with E-state index in [0.717, 1.165) is 39.0 Å². The molecule has 0 aliphatic rings. The first-order chi connectivity index (χ1) is 14.1. The van der Waals surface area contributed by atoms with E-state index in [4.69, 9.17) is 0 Å². The predicted molar refractivity (Wildman–Crippen MR) is 114 cm³/mol. The number of carbonyl (C=O) groups is 1. The molecule has 0 aliphatic heterocycles. The highest BCUT2D eigenvalue weighted by molar-refractivity contribution is 6.05. The molecule has 3 heterocycles. The first-order valence-corrected chi connectivity index (χ1v) is 9.40. The van der Waals surface area contributed by atoms with Crippen LogP contribution in [0.3, 0.4) is 0 Å². The highest BCUT2D eigenvalue weighted by Crippen LogP contribution is 2.31. The van der Waals surface area contributed by atoms with E-state index in [0.29, 0.717) is 12.1 Å². The van der Waals surface area contributed by atoms with Gasteiger partial charge in [-0.05, 0) is 23.8 Å². The molecule has 0 saturated carbocycles. The molecular formula is C22H20N6O. The third kappa shape index (κ3) is 2.97. The Labute approximate surface area is 167 Å². The molecule has 3 aromatic heterocycles. The maximum Gasteiger partial charge on any atom is 0.185 e. The number of hydrogen-bond acceptors (Lipinski definition) is 4. The average Bonchev–Trinajstić information content (AvgIpc) is 3.44. The fraction of sp³-hybridized carbons (Fsp3) is 0.136. The second kappa shape index (κ2) is 6.63. The Bertz CT molecular complexity index is 1330. The summed E-state index contributed by atoms with van der Waals surface area (Å²) in [6, 6.07) is 17.6. The van der Waals surface area contributed by atoms with E-state index >= 15 is 0 Å². The number of aromatic amines is 2. The standard InChI is InChI=1S/C22H20N6O/c1-27(21-8-9-23-28(21)2)22-16-11-15-12-19(24-17(15)13-18(16)25-26-22)20(29)10-14-6-4-3-5-7-14/h3-9,11-13,25-26H,10H2,1-2H3. The van der Waals surface area contributed by atoms with E-state index in [1.54, 1.807) is 6.20 Å². The van der Waals surface area contributed by atoms with Crippen molar-refractivity contribution in [2.24, 2.45) is 7.05 Å². The number of fused-ring (bicyclic) bond motifs is 2. The first-order valence-electron chi connectivity index (χ1n) is 9.40. The van der Waals surface area contributed by atoms with Crippen LogP contribution in [0.4, 0.5) is 11.6 Å². The van der Waals surface area contributed by atoms with Crippen LogP contribution in [-0.4, -0.2) is 37.8 Å². The number of carbonyl (C=O) groups excluding carboxylic acids is 1. The largest absolute Gasteiger partial charge is 0.314 e. The lowest BCUT2D eigenvalue weighted by atomic mass is 10.1. The third-order valence-corrected chi connectivity index (χ3v) is 5.24. The minimum absolute atomic E-state index is 0.0230. The monoisotopic (exact) mass is 384 g/mol. The number of nitrogens with zero attached hydrogens (tertiary/aromatic N) is 4. The lowest BCUT2D eigenvalue weighted by Gasteiger charge is -2.17. The van der Waals surface area contributed by atoms with Gasteiger partial charge in [0.1, 0.15) is 17.3 Å². The van der Waals surface area contributed by atoms with E-state index in [2.05, 4.69) is 26.3 Å². The maximum absolute atomic E-state index is 12.7. The number of anilines is 2. The minimum atomic E-state index is 0.0230. The van der Waals surface area contributed by atoms with Crippen LogP contribution in [0.25, 0.3) is 21.8 Å². The molecule has 144 valence electrons. The Balaban J connectivity index is 1.52. The fourth-order valence-electron chi connectivity index (χ4n) is 3.71. The number of hydrogen-bond donors (Lipinski definition) is 2. The molecule has 29 heavy (non-hydrogen) atoms. The van der Waals surface area contributed by atoms with Gasteiger partial charge in [0.2, 0.25) is 0 Å². The van der Waals surface area contributed by atoms with E-state index in [9.17, 15) is 4.79 Å². The second-order valence-electron chi connectivity index (χ2n) is 7.15. The highest BCUT2D eigenvalue weighted by atomic mass is 16.1. The summed E-state index contributed by atoms with van der Waals surface area (Å²) in [5.74, 6) is 1.90. The summed E-state index contributed by atoms with van der Waals surface area (Å²) in [6.07, 6.45) is 2.12. The van der Waals surface area contributed by atoms with Gasteiger partial charge in [0.05, 0.1) is 17.2 Å². The first kappa shape index (κ1) is 17.2. The van der Waals surface area contributed by atoms with Crippen LogP contribution < -0.4 is 4.90 Å². The smallest absolute Gasteiger partial charge is 0.185 e. The molecule has 5 aromatic rings. The topological polar surface area (TPSA) is 82.6 Å². The van der Waals surface area contributed by atoms with Crippen LogP contribution in [0.15, 0.2) is 60.8 Å². The minimum Gasteiger partial charge on any atom is -0.314 e. The molecule has 2 aromatic carbocycles. The summed E-state index contributed by atoms with van der Waals surface area (Å²) in [6.45, 7) is 0. The van der Waals surface area contributed by atoms with Crippen LogP contribution in [0.5, 0.6) is 0 Å². The number of benzene rings is 2. The Morgan fingerprint density at radius 2 is 1.93 bits per heavy atom. The van der Waals surface area contributed by atoms with Crippen molar-refractivity contribution in [3.8, 4) is 0 Å². The molecule has 0 spiro atoms. The van der Waals surface area contributed by atoms with Gasteiger partial charge in [0.25, 0.3) is 0 Å². The van der Waals surface area contributed by atoms with Gasteiger partial charge in [-0.3, -0.25) is 19.7 Å². The van der Waals surface area contributed by atoms with Gasteiger partial charge in [0.15, 0.2) is 5.78 Å². The molecular weight excluding hydrogens is 364 g/mol. The maximum atomic E-state index is 12.7. The Morgan fingerprint density at radius 1 is 1.10 bits per heavy atom. The molecule has 5 rings (SSSR count). The van der Waals surface area contributed by atoms with Crippen molar-refractivity contribution in [2.45, 2.75) is 6.42 Å². The van der Waals surface area contributed by atoms with E-state index < -0.39 is 0 Å². The van der Waals surface area contributed by atoms with Gasteiger partial charge in [0, 0.05) is 37.4 Å². The Kier molecular flexibility index (Phi) is 3.94. The predicted octanol–water partition coefficient (Wildman–Crippen LogP) is 3.97. The van der Waals surface area contributed by atoms with Crippen molar-refractivity contribution in [1.29, 1.82) is 0 Å². The second-order valence-corrected chi connectivity index (χ2v) is 7.15. The SMILES string of the molecule is CN(c1[nH][nH]c2cc3nc(C(=O)Cc4ccccc4)cc3cc12)c1ccnn1C. The molecule has 0 radical (unpaired) electrons. The third-order valence-electron chi connectivity index (χ3n) is 5.24. The van der Waals surface area contributed by atoms with Crippen molar-refractivity contribution in [3.63, 3.8) is 0 Å². The number of ketones is 1. The lowest BCUT2D eigenvalue weighted by molar-refractivity contribution is 0.0989. The zero-order valence-electron chi connectivity index (χ0n) is 16.2. The molecule has 2 N–H and O–H groups in total. The van der Waals surface area contributed by atoms with E-state index in [-0.39, 0.29) is 5.78 Å². The molecule has 7 nitrogen and oxygen atoms in total. The number of H-pyrrole nitrogens is 2. The summed E-state index contributed by atoms with van der Waals surface area (Å²) >= 11 is 0. The summed E-state index contributed by atoms with van der Waals surface area (Å²) in [5, 5.41) is 12.6. The van der Waals surface area contributed by atoms with Gasteiger partial charge < -0.3 is 4.90 Å². The summed E-state index contributed by atoms with van der Waals surface area (Å²) < 4.78 is 1.82. The van der Waals surface area contributed by atoms with Gasteiger partial charge >= 0.3 is 0 Å². The highest BCUT2D eigenvalue weighted by Gasteiger charge is 2.17. The Hall–Kier alpha value is -3.87. The number of nitrogens with one attached hydrogen (secondary N) is 2. The van der Waals surface area contributed by atoms with Crippen LogP contribution in [0.2, 0.25) is 0 Å². The molecule has 7 heteroatoms. The fourth-order valence-corrected chi connectivity index (χ4v) is 3.71. The van der Waals surface area contributed by atoms with Crippen LogP contribution in [-0.2, 0) is 13.5 Å². The quantitative estimate of drug-likeness (QED) is 0.449. The normalized spacial score (nSPS) is 11.4. The number of Topliss-reactive ketones (excluding diaryl/α,β-unsaturated/α-hetero) is 1. The van der Waals surface area contributed by atoms with Crippen LogP contribution >= 0.6 is 0 Å². The summed E-state index contributed by atoms with van der Waals surface area (Å²) in [7, 11) is 3.89. The lowest BCUT2D eigenvalue weighted by Crippen LogP contribution is -2.14. The van der Waals surface area contributed by atoms with Crippen molar-refractivity contribution < 1.29 is 4.79 Å². The van der Waals surface area contributed by atoms with Crippen molar-refractivity contribution in [3.05, 3.63) is 72.1 Å². The van der Waals surface area contributed by atoms with Gasteiger partial charge in [-0.25, -0.2) is 4.98 Å². The number of aryl methyl sites for hydroxylation is 1. The van der Waals surface area contributed by atoms with Gasteiger partial charge in [-0.2, -0.15) is 5.10 Å². The number of rotatable bonds is 5. The Morgan fingerprint density at radius 3 is 2.69 bits per heavy atom. The zero-order valence-corrected chi connectivity index (χ0v) is 16.2. The number of aromatic nitrogens is 5. The van der Waals surface area contributed by atoms with Crippen molar-refractivity contribution >= 4 is 39.2 Å². The van der Waals surface area contributed by atoms with Crippen molar-refractivity contribution in [1.82, 2.24) is 25.0 Å². The molecule has 0 atom stereocenters. The molecule has 0 amide bonds. The summed E-state index contributed by atoms with van der Waals surface area (Å²) in [5.41, 5.74) is 3.23. The van der Waals surface area contributed by atoms with Crippen molar-refractivity contribution in [2.75, 3.05) is 11.9 Å². The average molecular weight is 384 g/mol. The molecule has 0 bridgehead atoms. The zero-order chi connectivity index (χ0) is 20.0. The molecule has 0 fully saturated rings. The van der Waals surface area contributed by atoms with E-state index in [1.165, 1.54) is 0 Å². The van der Waals surface area contributed by atoms with Gasteiger partial charge in [-0.1, -0.05) is 30.3 Å².